The van der Waals surface area contributed by atoms with Gasteiger partial charge in [0, 0.05) is 25.1 Å². The lowest BCUT2D eigenvalue weighted by Gasteiger charge is -2.35. The van der Waals surface area contributed by atoms with Crippen molar-refractivity contribution in [3.63, 3.8) is 0 Å². The molecule has 1 saturated heterocycles. The second-order valence-electron chi connectivity index (χ2n) is 6.96. The molecule has 154 valence electrons. The van der Waals surface area contributed by atoms with Crippen molar-refractivity contribution in [2.45, 2.75) is 38.0 Å². The van der Waals surface area contributed by atoms with Crippen LogP contribution in [0.5, 0.6) is 5.75 Å². The Morgan fingerprint density at radius 3 is 2.61 bits per heavy atom. The standard InChI is InChI=1S/C17H20F3N3O5/c18-17(19,20)14-13(28-11-3-4-11)6-5-12(23(25)26)15(14)22-7-1-2-10(8-22)9-27-16(21)24/h5-6,10-11H,1-4,7-9H2,(H2,21,24)/t10-/m0/s1. The zero-order valence-electron chi connectivity index (χ0n) is 14.9. The van der Waals surface area contributed by atoms with Crippen molar-refractivity contribution < 1.29 is 32.4 Å². The summed E-state index contributed by atoms with van der Waals surface area (Å²) < 4.78 is 51.9. The first-order valence-corrected chi connectivity index (χ1v) is 8.89. The van der Waals surface area contributed by atoms with Gasteiger partial charge in [0.2, 0.25) is 0 Å². The molecule has 2 N–H and O–H groups in total. The lowest BCUT2D eigenvalue weighted by Crippen LogP contribution is -2.39. The van der Waals surface area contributed by atoms with Gasteiger partial charge in [0.05, 0.1) is 17.6 Å². The summed E-state index contributed by atoms with van der Waals surface area (Å²) in [5.74, 6) is -0.680. The molecule has 1 heterocycles. The van der Waals surface area contributed by atoms with Crippen molar-refractivity contribution in [2.75, 3.05) is 24.6 Å². The molecule has 0 radical (unpaired) electrons. The Balaban J connectivity index is 2.00. The number of benzene rings is 1. The molecule has 1 saturated carbocycles. The molecule has 0 bridgehead atoms. The van der Waals surface area contributed by atoms with Crippen LogP contribution in [-0.4, -0.2) is 36.8 Å². The maximum atomic E-state index is 13.9. The van der Waals surface area contributed by atoms with Gasteiger partial charge in [0.25, 0.3) is 5.69 Å². The Hall–Kier alpha value is -2.72. The minimum atomic E-state index is -4.83. The van der Waals surface area contributed by atoms with E-state index in [4.69, 9.17) is 15.2 Å². The third-order valence-electron chi connectivity index (χ3n) is 4.71. The number of nitro benzene ring substituents is 1. The van der Waals surface area contributed by atoms with E-state index in [2.05, 4.69) is 0 Å². The van der Waals surface area contributed by atoms with Gasteiger partial charge in [-0.3, -0.25) is 10.1 Å². The highest BCUT2D eigenvalue weighted by Crippen LogP contribution is 2.49. The Morgan fingerprint density at radius 1 is 1.32 bits per heavy atom. The first-order valence-electron chi connectivity index (χ1n) is 8.89. The molecule has 28 heavy (non-hydrogen) atoms. The van der Waals surface area contributed by atoms with Gasteiger partial charge >= 0.3 is 12.3 Å². The molecule has 1 aliphatic heterocycles. The summed E-state index contributed by atoms with van der Waals surface area (Å²) in [5, 5.41) is 11.5. The van der Waals surface area contributed by atoms with E-state index >= 15 is 0 Å². The first kappa shape index (κ1) is 20.0. The molecular weight excluding hydrogens is 383 g/mol. The quantitative estimate of drug-likeness (QED) is 0.576. The Kier molecular flexibility index (Phi) is 5.52. The molecule has 1 amide bonds. The fourth-order valence-electron chi connectivity index (χ4n) is 3.37. The lowest BCUT2D eigenvalue weighted by molar-refractivity contribution is -0.384. The highest BCUT2D eigenvalue weighted by molar-refractivity contribution is 5.73. The maximum absolute atomic E-state index is 13.9. The van der Waals surface area contributed by atoms with E-state index in [-0.39, 0.29) is 31.7 Å². The number of rotatable bonds is 6. The summed E-state index contributed by atoms with van der Waals surface area (Å²) in [6, 6.07) is 2.06. The number of nitro groups is 1. The molecule has 8 nitrogen and oxygen atoms in total. The van der Waals surface area contributed by atoms with Crippen LogP contribution in [0.4, 0.5) is 29.3 Å². The van der Waals surface area contributed by atoms with Crippen LogP contribution in [0.1, 0.15) is 31.2 Å². The SMILES string of the molecule is NC(=O)OC[C@H]1CCCN(c2c([N+](=O)[O-])ccc(OC3CC3)c2C(F)(F)F)C1. The summed E-state index contributed by atoms with van der Waals surface area (Å²) in [4.78, 5) is 22.8. The van der Waals surface area contributed by atoms with Crippen molar-refractivity contribution in [3.05, 3.63) is 27.8 Å². The van der Waals surface area contributed by atoms with Crippen LogP contribution in [0.25, 0.3) is 0 Å². The number of primary amides is 1. The van der Waals surface area contributed by atoms with Gasteiger partial charge in [-0.2, -0.15) is 13.2 Å². The molecule has 2 fully saturated rings. The molecule has 3 rings (SSSR count). The van der Waals surface area contributed by atoms with Crippen LogP contribution in [-0.2, 0) is 10.9 Å². The molecule has 0 spiro atoms. The Bertz CT molecular complexity index is 767. The van der Waals surface area contributed by atoms with E-state index < -0.39 is 39.9 Å². The molecular formula is C17H20F3N3O5. The van der Waals surface area contributed by atoms with Gasteiger partial charge in [-0.1, -0.05) is 0 Å². The van der Waals surface area contributed by atoms with Crippen molar-refractivity contribution in [3.8, 4) is 5.75 Å². The molecule has 2 aliphatic rings. The number of nitrogens with two attached hydrogens (primary N) is 1. The Labute approximate surface area is 158 Å². The third kappa shape index (κ3) is 4.57. The number of nitrogens with zero attached hydrogens (tertiary/aromatic N) is 2. The van der Waals surface area contributed by atoms with Crippen molar-refractivity contribution in [1.29, 1.82) is 0 Å². The topological polar surface area (TPSA) is 108 Å². The van der Waals surface area contributed by atoms with Gasteiger partial charge in [-0.25, -0.2) is 4.79 Å². The molecule has 0 unspecified atom stereocenters. The fraction of sp³-hybridized carbons (Fsp3) is 0.588. The van der Waals surface area contributed by atoms with Crippen molar-refractivity contribution >= 4 is 17.5 Å². The van der Waals surface area contributed by atoms with Gasteiger partial charge in [-0.05, 0) is 31.7 Å². The van der Waals surface area contributed by atoms with Gasteiger partial charge in [0.1, 0.15) is 17.0 Å². The monoisotopic (exact) mass is 403 g/mol. The van der Waals surface area contributed by atoms with Crippen LogP contribution in [0, 0.1) is 16.0 Å². The molecule has 1 aliphatic carbocycles. The van der Waals surface area contributed by atoms with E-state index in [0.29, 0.717) is 25.7 Å². The third-order valence-corrected chi connectivity index (χ3v) is 4.71. The van der Waals surface area contributed by atoms with Crippen LogP contribution < -0.4 is 15.4 Å². The second-order valence-corrected chi connectivity index (χ2v) is 6.96. The van der Waals surface area contributed by atoms with Crippen molar-refractivity contribution in [2.24, 2.45) is 11.7 Å². The number of hydrogen-bond acceptors (Lipinski definition) is 6. The Morgan fingerprint density at radius 2 is 2.04 bits per heavy atom. The molecule has 0 aromatic heterocycles. The zero-order chi connectivity index (χ0) is 20.5. The predicted octanol–water partition coefficient (Wildman–Crippen LogP) is 3.47. The van der Waals surface area contributed by atoms with Crippen molar-refractivity contribution in [1.82, 2.24) is 0 Å². The number of alkyl halides is 3. The number of halogens is 3. The number of ether oxygens (including phenoxy) is 2. The minimum absolute atomic E-state index is 0.0563. The summed E-state index contributed by atoms with van der Waals surface area (Å²) in [6.45, 7) is 0.229. The highest BCUT2D eigenvalue weighted by Gasteiger charge is 2.44. The van der Waals surface area contributed by atoms with E-state index in [1.54, 1.807) is 0 Å². The summed E-state index contributed by atoms with van der Waals surface area (Å²) in [5.41, 5.74) is 2.68. The summed E-state index contributed by atoms with van der Waals surface area (Å²) in [6.07, 6.45) is -3.69. The van der Waals surface area contributed by atoms with Gasteiger partial charge in [0.15, 0.2) is 0 Å². The number of carbonyl (C=O) groups excluding carboxylic acids is 1. The smallest absolute Gasteiger partial charge is 0.422 e. The van der Waals surface area contributed by atoms with Crippen LogP contribution in [0.15, 0.2) is 12.1 Å². The number of piperidine rings is 1. The predicted molar refractivity (Wildman–Crippen MR) is 92.2 cm³/mol. The van der Waals surface area contributed by atoms with E-state index in [9.17, 15) is 28.1 Å². The molecule has 1 atom stereocenters. The number of hydrogen-bond donors (Lipinski definition) is 1. The number of anilines is 1. The average molecular weight is 403 g/mol. The summed E-state index contributed by atoms with van der Waals surface area (Å²) in [7, 11) is 0. The summed E-state index contributed by atoms with van der Waals surface area (Å²) >= 11 is 0. The molecule has 1 aromatic rings. The van der Waals surface area contributed by atoms with E-state index in [1.165, 1.54) is 4.90 Å². The zero-order valence-corrected chi connectivity index (χ0v) is 14.9. The van der Waals surface area contributed by atoms with Gasteiger partial charge in [-0.15, -0.1) is 0 Å². The number of amides is 1. The molecule has 11 heteroatoms. The van der Waals surface area contributed by atoms with Crippen LogP contribution in [0.2, 0.25) is 0 Å². The van der Waals surface area contributed by atoms with E-state index in [1.807, 2.05) is 0 Å². The van der Waals surface area contributed by atoms with E-state index in [0.717, 1.165) is 12.1 Å². The normalized spacial score (nSPS) is 20.0. The fourth-order valence-corrected chi connectivity index (χ4v) is 3.37. The highest BCUT2D eigenvalue weighted by atomic mass is 19.4. The second kappa shape index (κ2) is 7.72. The average Bonchev–Trinajstić information content (AvgIpc) is 3.42. The largest absolute Gasteiger partial charge is 0.490 e. The number of carbonyl (C=O) groups is 1. The first-order chi connectivity index (χ1) is 13.2. The van der Waals surface area contributed by atoms with Crippen LogP contribution >= 0.6 is 0 Å². The maximum Gasteiger partial charge on any atom is 0.422 e. The van der Waals surface area contributed by atoms with Gasteiger partial charge < -0.3 is 20.1 Å². The lowest BCUT2D eigenvalue weighted by atomic mass is 9.96. The molecule has 1 aromatic carbocycles. The minimum Gasteiger partial charge on any atom is -0.490 e. The van der Waals surface area contributed by atoms with Crippen LogP contribution in [0.3, 0.4) is 0 Å².